The van der Waals surface area contributed by atoms with Crippen molar-refractivity contribution in [1.82, 2.24) is 14.8 Å². The van der Waals surface area contributed by atoms with Gasteiger partial charge in [-0.3, -0.25) is 9.59 Å². The molecule has 0 aliphatic carbocycles. The van der Waals surface area contributed by atoms with Crippen molar-refractivity contribution in [1.29, 1.82) is 0 Å². The van der Waals surface area contributed by atoms with E-state index in [4.69, 9.17) is 0 Å². The molecule has 0 radical (unpaired) electrons. The molecule has 1 aliphatic heterocycles. The minimum atomic E-state index is -1.11. The van der Waals surface area contributed by atoms with E-state index in [0.717, 1.165) is 0 Å². The summed E-state index contributed by atoms with van der Waals surface area (Å²) in [6.07, 6.45) is 1.44. The van der Waals surface area contributed by atoms with Gasteiger partial charge in [-0.1, -0.05) is 6.58 Å². The molecule has 0 saturated heterocycles. The summed E-state index contributed by atoms with van der Waals surface area (Å²) in [6, 6.07) is 1.29. The Morgan fingerprint density at radius 1 is 1.21 bits per heavy atom. The molecule has 0 atom stereocenters. The molecular formula is C21H22F3N3O2. The zero-order valence-corrected chi connectivity index (χ0v) is 16.5. The normalized spacial score (nSPS) is 13.6. The highest BCUT2D eigenvalue weighted by molar-refractivity contribution is 5.94. The van der Waals surface area contributed by atoms with Gasteiger partial charge < -0.3 is 14.8 Å². The van der Waals surface area contributed by atoms with Gasteiger partial charge in [-0.15, -0.1) is 0 Å². The Hall–Kier alpha value is -3.03. The van der Waals surface area contributed by atoms with Crippen molar-refractivity contribution in [3.05, 3.63) is 75.0 Å². The van der Waals surface area contributed by atoms with Crippen LogP contribution in [0.2, 0.25) is 0 Å². The lowest BCUT2D eigenvalue weighted by atomic mass is 10.0. The molecule has 5 nitrogen and oxygen atoms in total. The van der Waals surface area contributed by atoms with Gasteiger partial charge in [0.05, 0.1) is 11.4 Å². The second kappa shape index (κ2) is 7.77. The van der Waals surface area contributed by atoms with Gasteiger partial charge in [0.25, 0.3) is 5.91 Å². The highest BCUT2D eigenvalue weighted by Gasteiger charge is 2.26. The number of amides is 1. The number of hydrogen-bond donors (Lipinski definition) is 1. The zero-order chi connectivity index (χ0) is 21.5. The predicted molar refractivity (Wildman–Crippen MR) is 104 cm³/mol. The summed E-state index contributed by atoms with van der Waals surface area (Å²) in [6.45, 7) is 10.5. The Bertz CT molecular complexity index is 1040. The number of hydrogen-bond acceptors (Lipinski definition) is 3. The Labute approximate surface area is 166 Å². The number of nitrogens with one attached hydrogen (secondary N) is 1. The van der Waals surface area contributed by atoms with Crippen molar-refractivity contribution in [2.24, 2.45) is 0 Å². The highest BCUT2D eigenvalue weighted by atomic mass is 19.1. The lowest BCUT2D eigenvalue weighted by Crippen LogP contribution is -2.40. The van der Waals surface area contributed by atoms with Crippen molar-refractivity contribution < 1.29 is 18.0 Å². The van der Waals surface area contributed by atoms with Crippen LogP contribution in [0, 0.1) is 24.4 Å². The van der Waals surface area contributed by atoms with Crippen molar-refractivity contribution in [2.75, 3.05) is 6.54 Å². The zero-order valence-electron chi connectivity index (χ0n) is 16.5. The van der Waals surface area contributed by atoms with Crippen LogP contribution in [0.15, 0.2) is 29.7 Å². The van der Waals surface area contributed by atoms with E-state index in [2.05, 4.69) is 16.8 Å². The molecule has 1 amide bonds. The number of rotatable bonds is 4. The van der Waals surface area contributed by atoms with Crippen molar-refractivity contribution in [3.8, 4) is 0 Å². The lowest BCUT2D eigenvalue weighted by Gasteiger charge is -2.37. The van der Waals surface area contributed by atoms with Gasteiger partial charge in [0.1, 0.15) is 23.0 Å². The third kappa shape index (κ3) is 3.79. The molecule has 3 rings (SSSR count). The Morgan fingerprint density at radius 3 is 2.41 bits per heavy atom. The third-order valence-electron chi connectivity index (χ3n) is 5.11. The molecule has 29 heavy (non-hydrogen) atoms. The molecule has 0 fully saturated rings. The van der Waals surface area contributed by atoms with Crippen LogP contribution in [0.4, 0.5) is 13.2 Å². The van der Waals surface area contributed by atoms with E-state index in [1.165, 1.54) is 6.20 Å². The molecule has 1 N–H and O–H groups in total. The van der Waals surface area contributed by atoms with Crippen LogP contribution in [0.3, 0.4) is 0 Å². The fraction of sp³-hybridized carbons (Fsp3) is 0.333. The molecule has 1 aromatic heterocycles. The number of benzene rings is 1. The van der Waals surface area contributed by atoms with Crippen LogP contribution < -0.4 is 10.7 Å². The summed E-state index contributed by atoms with van der Waals surface area (Å²) in [5, 5.41) is 2.34. The standard InChI is InChI=1S/C21H22F3N3O2/c1-11(2)27-6-5-26-10-16(20(28)12(3)19(26)13(27)4)21(29)25-9-15-17(23)7-14(22)8-18(15)24/h7-8,10-11H,4-6,9H2,1-3H3,(H,25,29). The molecular weight excluding hydrogens is 383 g/mol. The average molecular weight is 405 g/mol. The number of carbonyl (C=O) groups is 1. The summed E-state index contributed by atoms with van der Waals surface area (Å²) < 4.78 is 42.3. The van der Waals surface area contributed by atoms with Crippen LogP contribution in [0.5, 0.6) is 0 Å². The van der Waals surface area contributed by atoms with E-state index in [0.29, 0.717) is 42.2 Å². The van der Waals surface area contributed by atoms with Crippen LogP contribution in [-0.2, 0) is 13.1 Å². The fourth-order valence-corrected chi connectivity index (χ4v) is 3.59. The number of carbonyl (C=O) groups excluding carboxylic acids is 1. The molecule has 154 valence electrons. The fourth-order valence-electron chi connectivity index (χ4n) is 3.59. The monoisotopic (exact) mass is 405 g/mol. The van der Waals surface area contributed by atoms with E-state index >= 15 is 0 Å². The molecule has 2 aromatic rings. The van der Waals surface area contributed by atoms with E-state index in [9.17, 15) is 22.8 Å². The number of nitrogens with zero attached hydrogens (tertiary/aromatic N) is 2. The van der Waals surface area contributed by atoms with Crippen LogP contribution in [0.1, 0.15) is 41.0 Å². The lowest BCUT2D eigenvalue weighted by molar-refractivity contribution is 0.0948. The topological polar surface area (TPSA) is 54.3 Å². The maximum absolute atomic E-state index is 13.8. The number of pyridine rings is 1. The van der Waals surface area contributed by atoms with Gasteiger partial charge >= 0.3 is 0 Å². The van der Waals surface area contributed by atoms with E-state index in [1.807, 2.05) is 13.8 Å². The first kappa shape index (κ1) is 20.7. The summed E-state index contributed by atoms with van der Waals surface area (Å²) in [5.41, 5.74) is 0.688. The molecule has 2 heterocycles. The number of aromatic nitrogens is 1. The first-order valence-corrected chi connectivity index (χ1v) is 9.23. The molecule has 0 saturated carbocycles. The molecule has 1 aliphatic rings. The number of halogens is 3. The van der Waals surface area contributed by atoms with Crippen molar-refractivity contribution >= 4 is 11.6 Å². The molecule has 1 aromatic carbocycles. The first-order valence-electron chi connectivity index (χ1n) is 9.23. The molecule has 8 heteroatoms. The molecule has 0 unspecified atom stereocenters. The minimum absolute atomic E-state index is 0.125. The largest absolute Gasteiger partial charge is 0.366 e. The van der Waals surface area contributed by atoms with Crippen LogP contribution in [0.25, 0.3) is 5.70 Å². The smallest absolute Gasteiger partial charge is 0.257 e. The third-order valence-corrected chi connectivity index (χ3v) is 5.11. The van der Waals surface area contributed by atoms with Gasteiger partial charge in [-0.05, 0) is 20.8 Å². The molecule has 0 spiro atoms. The van der Waals surface area contributed by atoms with E-state index < -0.39 is 40.9 Å². The maximum atomic E-state index is 13.8. The van der Waals surface area contributed by atoms with Crippen molar-refractivity contribution in [3.63, 3.8) is 0 Å². The summed E-state index contributed by atoms with van der Waals surface area (Å²) in [5.74, 6) is -4.01. The second-order valence-electron chi connectivity index (χ2n) is 7.30. The second-order valence-corrected chi connectivity index (χ2v) is 7.30. The van der Waals surface area contributed by atoms with Gasteiger partial charge in [0.2, 0.25) is 0 Å². The predicted octanol–water partition coefficient (Wildman–Crippen LogP) is 3.20. The highest BCUT2D eigenvalue weighted by Crippen LogP contribution is 2.26. The average Bonchev–Trinajstić information content (AvgIpc) is 2.63. The quantitative estimate of drug-likeness (QED) is 0.850. The first-order chi connectivity index (χ1) is 13.6. The Kier molecular flexibility index (Phi) is 5.55. The Morgan fingerprint density at radius 2 is 1.83 bits per heavy atom. The maximum Gasteiger partial charge on any atom is 0.257 e. The van der Waals surface area contributed by atoms with Crippen molar-refractivity contribution in [2.45, 2.75) is 39.9 Å². The summed E-state index contributed by atoms with van der Waals surface area (Å²) >= 11 is 0. The van der Waals surface area contributed by atoms with Gasteiger partial charge in [-0.2, -0.15) is 0 Å². The van der Waals surface area contributed by atoms with E-state index in [1.54, 1.807) is 11.5 Å². The Balaban J connectivity index is 1.89. The van der Waals surface area contributed by atoms with E-state index in [-0.39, 0.29) is 11.6 Å². The van der Waals surface area contributed by atoms with Gasteiger partial charge in [0, 0.05) is 55.1 Å². The SMILES string of the molecule is C=C1c2c(C)c(=O)c(C(=O)NCc3c(F)cc(F)cc3F)cn2CCN1C(C)C. The minimum Gasteiger partial charge on any atom is -0.366 e. The summed E-state index contributed by atoms with van der Waals surface area (Å²) in [7, 11) is 0. The van der Waals surface area contributed by atoms with Crippen LogP contribution >= 0.6 is 0 Å². The van der Waals surface area contributed by atoms with Gasteiger partial charge in [-0.25, -0.2) is 13.2 Å². The van der Waals surface area contributed by atoms with Gasteiger partial charge in [0.15, 0.2) is 5.43 Å². The van der Waals surface area contributed by atoms with Crippen LogP contribution in [-0.4, -0.2) is 28.0 Å². The number of fused-ring (bicyclic) bond motifs is 1. The molecule has 0 bridgehead atoms. The summed E-state index contributed by atoms with van der Waals surface area (Å²) in [4.78, 5) is 27.4.